The molecule has 0 amide bonds. The van der Waals surface area contributed by atoms with E-state index in [0.29, 0.717) is 0 Å². The van der Waals surface area contributed by atoms with E-state index in [-0.39, 0.29) is 10.7 Å². The second kappa shape index (κ2) is 3.97. The number of rotatable bonds is 2. The molecule has 0 saturated heterocycles. The van der Waals surface area contributed by atoms with Crippen LogP contribution < -0.4 is 5.73 Å². The highest BCUT2D eigenvalue weighted by Gasteiger charge is 2.22. The number of carbonyl (C=O) groups excluding carboxylic acids is 1. The molecule has 0 fully saturated rings. The van der Waals surface area contributed by atoms with Crippen LogP contribution >= 0.6 is 11.3 Å². The number of hydrogen-bond acceptors (Lipinski definition) is 4. The Balaban J connectivity index is 2.54. The number of hydrogen-bond donors (Lipinski definition) is 1. The highest BCUT2D eigenvalue weighted by atomic mass is 32.1. The van der Waals surface area contributed by atoms with Gasteiger partial charge in [-0.3, -0.25) is 4.79 Å². The molecule has 2 rings (SSSR count). The van der Waals surface area contributed by atoms with Gasteiger partial charge < -0.3 is 5.73 Å². The van der Waals surface area contributed by atoms with Gasteiger partial charge in [-0.15, -0.1) is 11.3 Å². The van der Waals surface area contributed by atoms with E-state index >= 15 is 0 Å². The summed E-state index contributed by atoms with van der Waals surface area (Å²) in [6.07, 6.45) is 0. The Morgan fingerprint density at radius 2 is 1.94 bits per heavy atom. The average molecular weight is 240 g/mol. The fourth-order valence-corrected chi connectivity index (χ4v) is 1.91. The quantitative estimate of drug-likeness (QED) is 0.819. The number of thiazole rings is 1. The first-order valence-corrected chi connectivity index (χ1v) is 5.17. The summed E-state index contributed by atoms with van der Waals surface area (Å²) < 4.78 is 26.6. The highest BCUT2D eigenvalue weighted by Crippen LogP contribution is 2.23. The van der Waals surface area contributed by atoms with E-state index in [1.54, 1.807) is 0 Å². The van der Waals surface area contributed by atoms with Crippen molar-refractivity contribution in [2.45, 2.75) is 0 Å². The molecule has 2 N–H and O–H groups in total. The SMILES string of the molecule is Nc1ncsc1C(=O)c1c(F)cccc1F. The molecule has 0 aliphatic carbocycles. The molecule has 0 spiro atoms. The number of ketones is 1. The fraction of sp³-hybridized carbons (Fsp3) is 0. The first-order valence-electron chi connectivity index (χ1n) is 4.29. The molecule has 6 heteroatoms. The predicted octanol–water partition coefficient (Wildman–Crippen LogP) is 2.23. The standard InChI is InChI=1S/C10H6F2N2OS/c11-5-2-1-3-6(12)7(5)8(15)9-10(13)14-4-16-9/h1-4H,13H2. The third-order valence-electron chi connectivity index (χ3n) is 1.99. The van der Waals surface area contributed by atoms with Gasteiger partial charge in [0.25, 0.3) is 0 Å². The topological polar surface area (TPSA) is 56.0 Å². The molecule has 0 unspecified atom stereocenters. The summed E-state index contributed by atoms with van der Waals surface area (Å²) in [4.78, 5) is 15.5. The molecule has 0 aliphatic heterocycles. The molecular weight excluding hydrogens is 234 g/mol. The van der Waals surface area contributed by atoms with E-state index in [4.69, 9.17) is 5.73 Å². The zero-order chi connectivity index (χ0) is 11.7. The first kappa shape index (κ1) is 10.7. The molecule has 0 atom stereocenters. The van der Waals surface area contributed by atoms with Gasteiger partial charge in [0.2, 0.25) is 5.78 Å². The van der Waals surface area contributed by atoms with E-state index < -0.39 is 23.0 Å². The Morgan fingerprint density at radius 3 is 2.44 bits per heavy atom. The molecule has 0 saturated carbocycles. The van der Waals surface area contributed by atoms with Crippen LogP contribution in [0.15, 0.2) is 23.7 Å². The van der Waals surface area contributed by atoms with Crippen LogP contribution in [0.1, 0.15) is 15.2 Å². The molecule has 3 nitrogen and oxygen atoms in total. The van der Waals surface area contributed by atoms with Crippen LogP contribution in [0, 0.1) is 11.6 Å². The second-order valence-corrected chi connectivity index (χ2v) is 3.85. The summed E-state index contributed by atoms with van der Waals surface area (Å²) in [5, 5.41) is 0. The predicted molar refractivity (Wildman–Crippen MR) is 56.3 cm³/mol. The van der Waals surface area contributed by atoms with E-state index in [0.717, 1.165) is 23.5 Å². The minimum absolute atomic E-state index is 0.0161. The minimum atomic E-state index is -0.905. The summed E-state index contributed by atoms with van der Waals surface area (Å²) in [6, 6.07) is 3.23. The van der Waals surface area contributed by atoms with Crippen molar-refractivity contribution < 1.29 is 13.6 Å². The van der Waals surface area contributed by atoms with Gasteiger partial charge in [-0.2, -0.15) is 0 Å². The molecular formula is C10H6F2N2OS. The van der Waals surface area contributed by atoms with Crippen LogP contribution in [-0.2, 0) is 0 Å². The number of carbonyl (C=O) groups is 1. The fourth-order valence-electron chi connectivity index (χ4n) is 1.25. The van der Waals surface area contributed by atoms with Gasteiger partial charge in [0, 0.05) is 0 Å². The van der Waals surface area contributed by atoms with Crippen molar-refractivity contribution >= 4 is 22.9 Å². The van der Waals surface area contributed by atoms with Crippen LogP contribution in [0.25, 0.3) is 0 Å². The Bertz CT molecular complexity index is 533. The van der Waals surface area contributed by atoms with Crippen LogP contribution in [0.5, 0.6) is 0 Å². The van der Waals surface area contributed by atoms with Gasteiger partial charge in [-0.05, 0) is 12.1 Å². The molecule has 16 heavy (non-hydrogen) atoms. The number of nitrogen functional groups attached to an aromatic ring is 1. The highest BCUT2D eigenvalue weighted by molar-refractivity contribution is 7.12. The molecule has 1 aromatic carbocycles. The van der Waals surface area contributed by atoms with Gasteiger partial charge in [0.15, 0.2) is 0 Å². The van der Waals surface area contributed by atoms with Crippen molar-refractivity contribution in [2.24, 2.45) is 0 Å². The Kier molecular flexibility index (Phi) is 2.66. The second-order valence-electron chi connectivity index (χ2n) is 2.99. The molecule has 1 aromatic heterocycles. The zero-order valence-corrected chi connectivity index (χ0v) is 8.72. The molecule has 0 bridgehead atoms. The number of anilines is 1. The van der Waals surface area contributed by atoms with Crippen molar-refractivity contribution in [3.05, 3.63) is 45.8 Å². The maximum Gasteiger partial charge on any atom is 0.212 e. The lowest BCUT2D eigenvalue weighted by atomic mass is 10.1. The average Bonchev–Trinajstić information content (AvgIpc) is 2.64. The van der Waals surface area contributed by atoms with Crippen LogP contribution in [-0.4, -0.2) is 10.8 Å². The van der Waals surface area contributed by atoms with Crippen molar-refractivity contribution in [1.82, 2.24) is 4.98 Å². The largest absolute Gasteiger partial charge is 0.382 e. The Labute approximate surface area is 93.5 Å². The summed E-state index contributed by atoms with van der Waals surface area (Å²) in [7, 11) is 0. The number of halogens is 2. The third-order valence-corrected chi connectivity index (χ3v) is 2.83. The lowest BCUT2D eigenvalue weighted by Gasteiger charge is -2.02. The molecule has 2 aromatic rings. The smallest absolute Gasteiger partial charge is 0.212 e. The summed E-state index contributed by atoms with van der Waals surface area (Å²) in [5.74, 6) is -2.61. The van der Waals surface area contributed by atoms with Crippen LogP contribution in [0.4, 0.5) is 14.6 Å². The maximum absolute atomic E-state index is 13.3. The molecule has 1 heterocycles. The van der Waals surface area contributed by atoms with E-state index in [1.807, 2.05) is 0 Å². The number of nitrogens with two attached hydrogens (primary N) is 1. The zero-order valence-electron chi connectivity index (χ0n) is 7.91. The van der Waals surface area contributed by atoms with Crippen LogP contribution in [0.3, 0.4) is 0 Å². The number of aromatic nitrogens is 1. The number of benzene rings is 1. The van der Waals surface area contributed by atoms with E-state index in [1.165, 1.54) is 11.6 Å². The normalized spacial score (nSPS) is 10.4. The Morgan fingerprint density at radius 1 is 1.31 bits per heavy atom. The lowest BCUT2D eigenvalue weighted by molar-refractivity contribution is 0.103. The Hall–Kier alpha value is -1.82. The van der Waals surface area contributed by atoms with Gasteiger partial charge in [-0.1, -0.05) is 6.07 Å². The van der Waals surface area contributed by atoms with Gasteiger partial charge in [0.05, 0.1) is 11.1 Å². The first-order chi connectivity index (χ1) is 7.61. The van der Waals surface area contributed by atoms with Gasteiger partial charge in [0.1, 0.15) is 22.3 Å². The minimum Gasteiger partial charge on any atom is -0.382 e. The monoisotopic (exact) mass is 240 g/mol. The summed E-state index contributed by atoms with van der Waals surface area (Å²) in [6.45, 7) is 0. The number of nitrogens with zero attached hydrogens (tertiary/aromatic N) is 1. The molecule has 0 aliphatic rings. The van der Waals surface area contributed by atoms with Gasteiger partial charge in [-0.25, -0.2) is 13.8 Å². The molecule has 0 radical (unpaired) electrons. The van der Waals surface area contributed by atoms with E-state index in [9.17, 15) is 13.6 Å². The van der Waals surface area contributed by atoms with Crippen molar-refractivity contribution in [3.8, 4) is 0 Å². The van der Waals surface area contributed by atoms with Crippen molar-refractivity contribution in [1.29, 1.82) is 0 Å². The molecule has 82 valence electrons. The summed E-state index contributed by atoms with van der Waals surface area (Å²) in [5.41, 5.74) is 6.16. The van der Waals surface area contributed by atoms with Gasteiger partial charge >= 0.3 is 0 Å². The lowest BCUT2D eigenvalue weighted by Crippen LogP contribution is -2.07. The third kappa shape index (κ3) is 1.67. The van der Waals surface area contributed by atoms with Crippen molar-refractivity contribution in [3.63, 3.8) is 0 Å². The van der Waals surface area contributed by atoms with Crippen LogP contribution in [0.2, 0.25) is 0 Å². The summed E-state index contributed by atoms with van der Waals surface area (Å²) >= 11 is 0.951. The van der Waals surface area contributed by atoms with Crippen molar-refractivity contribution in [2.75, 3.05) is 5.73 Å². The van der Waals surface area contributed by atoms with E-state index in [2.05, 4.69) is 4.98 Å². The maximum atomic E-state index is 13.3.